The number of phenols is 1. The van der Waals surface area contributed by atoms with Crippen LogP contribution in [-0.4, -0.2) is 59.3 Å². The van der Waals surface area contributed by atoms with Crippen molar-refractivity contribution >= 4 is 23.6 Å². The molecule has 242 valence electrons. The van der Waals surface area contributed by atoms with Gasteiger partial charge in [0.25, 0.3) is 0 Å². The maximum atomic E-state index is 12.2. The number of aliphatic hydroxyl groups is 1. The summed E-state index contributed by atoms with van der Waals surface area (Å²) in [6, 6.07) is 22.1. The Hall–Kier alpha value is -4.30. The van der Waals surface area contributed by atoms with Crippen LogP contribution in [0, 0.1) is 0 Å². The number of nitrogens with zero attached hydrogens (tertiary/aromatic N) is 4. The molecule has 0 radical (unpaired) electrons. The number of carbonyl (C=O) groups is 2. The number of tetrazole rings is 1. The molecule has 0 aliphatic carbocycles. The number of carboxylic acid groups (broad SMARTS) is 1. The quantitative estimate of drug-likeness (QED) is 0.103. The van der Waals surface area contributed by atoms with Gasteiger partial charge in [0.05, 0.1) is 24.5 Å². The lowest BCUT2D eigenvalue weighted by Gasteiger charge is -2.36. The number of phenolic OH excluding ortho intramolecular Hbond substituents is 1. The third-order valence-corrected chi connectivity index (χ3v) is 8.64. The number of carbonyl (C=O) groups excluding carboxylic acids is 1. The maximum Gasteiger partial charge on any atom is 0.303 e. The zero-order valence-corrected chi connectivity index (χ0v) is 26.0. The first-order valence-electron chi connectivity index (χ1n) is 15.2. The van der Waals surface area contributed by atoms with E-state index in [0.29, 0.717) is 49.6 Å². The lowest BCUT2D eigenvalue weighted by molar-refractivity contribution is -0.245. The van der Waals surface area contributed by atoms with E-state index in [2.05, 4.69) is 20.8 Å². The molecule has 5 rings (SSSR count). The van der Waals surface area contributed by atoms with E-state index in [-0.39, 0.29) is 36.9 Å². The summed E-state index contributed by atoms with van der Waals surface area (Å²) in [5, 5.41) is 43.5. The average Bonchev–Trinajstić information content (AvgIpc) is 3.55. The molecular formula is C33H37N5O7S. The van der Waals surface area contributed by atoms with Crippen molar-refractivity contribution in [3.63, 3.8) is 0 Å². The Morgan fingerprint density at radius 2 is 1.59 bits per heavy atom. The Kier molecular flexibility index (Phi) is 11.7. The number of rotatable bonds is 15. The summed E-state index contributed by atoms with van der Waals surface area (Å²) in [6.07, 6.45) is 1.93. The van der Waals surface area contributed by atoms with E-state index < -0.39 is 12.3 Å². The first-order chi connectivity index (χ1) is 22.4. The molecule has 12 nitrogen and oxygen atoms in total. The van der Waals surface area contributed by atoms with E-state index in [1.165, 1.54) is 11.8 Å². The molecule has 13 heteroatoms. The number of thioether (sulfide) groups is 1. The summed E-state index contributed by atoms with van der Waals surface area (Å²) in [5.41, 5.74) is 4.31. The van der Waals surface area contributed by atoms with Crippen LogP contribution in [0.15, 0.2) is 78.0 Å². The fraction of sp³-hybridized carbons (Fsp3) is 0.364. The van der Waals surface area contributed by atoms with E-state index in [0.717, 1.165) is 27.9 Å². The molecule has 46 heavy (non-hydrogen) atoms. The van der Waals surface area contributed by atoms with Gasteiger partial charge in [-0.3, -0.25) is 9.59 Å². The molecule has 0 saturated carbocycles. The van der Waals surface area contributed by atoms with Crippen LogP contribution in [0.2, 0.25) is 0 Å². The third kappa shape index (κ3) is 9.36. The number of amides is 1. The molecule has 0 spiro atoms. The molecule has 1 aromatic heterocycles. The van der Waals surface area contributed by atoms with Crippen LogP contribution in [-0.2, 0) is 32.2 Å². The van der Waals surface area contributed by atoms with E-state index in [9.17, 15) is 19.8 Å². The maximum absolute atomic E-state index is 12.2. The number of aromatic hydroxyl groups is 1. The Labute approximate surface area is 270 Å². The normalized spacial score (nSPS) is 17.9. The molecule has 3 atom stereocenters. The van der Waals surface area contributed by atoms with Gasteiger partial charge >= 0.3 is 5.97 Å². The second kappa shape index (κ2) is 16.3. The lowest BCUT2D eigenvalue weighted by Crippen LogP contribution is -2.31. The monoisotopic (exact) mass is 647 g/mol. The summed E-state index contributed by atoms with van der Waals surface area (Å²) in [4.78, 5) is 22.8. The Morgan fingerprint density at radius 1 is 0.891 bits per heavy atom. The predicted molar refractivity (Wildman–Crippen MR) is 169 cm³/mol. The van der Waals surface area contributed by atoms with Gasteiger partial charge in [-0.2, -0.15) is 4.68 Å². The zero-order valence-electron chi connectivity index (χ0n) is 25.2. The molecule has 1 aliphatic rings. The van der Waals surface area contributed by atoms with Gasteiger partial charge in [0, 0.05) is 37.1 Å². The Bertz CT molecular complexity index is 1560. The summed E-state index contributed by atoms with van der Waals surface area (Å²) < 4.78 is 14.5. The third-order valence-electron chi connectivity index (χ3n) is 7.58. The summed E-state index contributed by atoms with van der Waals surface area (Å²) >= 11 is 1.47. The van der Waals surface area contributed by atoms with Crippen molar-refractivity contribution in [1.29, 1.82) is 0 Å². The van der Waals surface area contributed by atoms with Crippen molar-refractivity contribution in [3.05, 3.63) is 95.1 Å². The molecule has 1 aliphatic heterocycles. The topological polar surface area (TPSA) is 169 Å². The number of ether oxygens (including phenoxy) is 2. The van der Waals surface area contributed by atoms with Gasteiger partial charge in [-0.05, 0) is 64.2 Å². The minimum absolute atomic E-state index is 0.0356. The minimum Gasteiger partial charge on any atom is -0.508 e. The fourth-order valence-corrected chi connectivity index (χ4v) is 5.94. The van der Waals surface area contributed by atoms with Gasteiger partial charge in [-0.15, -0.1) is 5.10 Å². The van der Waals surface area contributed by atoms with E-state index in [4.69, 9.17) is 14.6 Å². The van der Waals surface area contributed by atoms with Crippen molar-refractivity contribution in [1.82, 2.24) is 25.5 Å². The molecule has 1 fully saturated rings. The fourth-order valence-electron chi connectivity index (χ4n) is 5.04. The Balaban J connectivity index is 1.22. The van der Waals surface area contributed by atoms with E-state index in [1.807, 2.05) is 48.5 Å². The SMILES string of the molecule is O=C(O)CCCCCC(=O)NCc1ccc([C@@H]2O[C@H](CSc3nnnn3-c3ccc(O)cc3)C[C@H](c3ccc(CO)cc3)O2)cc1. The van der Waals surface area contributed by atoms with Gasteiger partial charge in [0.1, 0.15) is 5.75 Å². The van der Waals surface area contributed by atoms with Crippen LogP contribution < -0.4 is 5.32 Å². The van der Waals surface area contributed by atoms with Crippen LogP contribution >= 0.6 is 11.8 Å². The molecule has 3 aromatic carbocycles. The van der Waals surface area contributed by atoms with E-state index in [1.54, 1.807) is 28.9 Å². The Morgan fingerprint density at radius 3 is 2.30 bits per heavy atom. The van der Waals surface area contributed by atoms with Gasteiger partial charge in [-0.25, -0.2) is 0 Å². The number of nitrogens with one attached hydrogen (secondary N) is 1. The predicted octanol–water partition coefficient (Wildman–Crippen LogP) is 4.85. The molecule has 1 amide bonds. The van der Waals surface area contributed by atoms with Crippen molar-refractivity contribution in [2.24, 2.45) is 0 Å². The van der Waals surface area contributed by atoms with Crippen molar-refractivity contribution in [2.75, 3.05) is 5.75 Å². The first kappa shape index (κ1) is 33.1. The van der Waals surface area contributed by atoms with Crippen molar-refractivity contribution < 1.29 is 34.4 Å². The number of unbranched alkanes of at least 4 members (excludes halogenated alkanes) is 2. The summed E-state index contributed by atoms with van der Waals surface area (Å²) in [7, 11) is 0. The average molecular weight is 648 g/mol. The highest BCUT2D eigenvalue weighted by Gasteiger charge is 2.32. The lowest BCUT2D eigenvalue weighted by atomic mass is 10.0. The number of carboxylic acids is 1. The number of hydrogen-bond acceptors (Lipinski definition) is 10. The number of aliphatic hydroxyl groups excluding tert-OH is 1. The first-order valence-corrected chi connectivity index (χ1v) is 16.1. The molecule has 4 aromatic rings. The standard InChI is InChI=1S/C33H37N5O7S/c39-20-23-8-10-24(11-9-23)29-18-28(21-46-33-35-36-37-38(33)26-14-16-27(40)17-15-26)44-32(45-29)25-12-6-22(7-13-25)19-34-30(41)4-2-1-3-5-31(42)43/h6-17,28-29,32,39-40H,1-5,18-21H2,(H,34,41)(H,42,43)/t28-,29+,32+/m0/s1. The largest absolute Gasteiger partial charge is 0.508 e. The molecule has 1 saturated heterocycles. The number of hydrogen-bond donors (Lipinski definition) is 4. The van der Waals surface area contributed by atoms with Crippen LogP contribution in [0.4, 0.5) is 0 Å². The van der Waals surface area contributed by atoms with Crippen molar-refractivity contribution in [3.8, 4) is 11.4 Å². The van der Waals surface area contributed by atoms with Gasteiger partial charge in [0.2, 0.25) is 11.1 Å². The highest BCUT2D eigenvalue weighted by Crippen LogP contribution is 2.39. The second-order valence-electron chi connectivity index (χ2n) is 11.0. The van der Waals surface area contributed by atoms with Crippen LogP contribution in [0.25, 0.3) is 5.69 Å². The highest BCUT2D eigenvalue weighted by atomic mass is 32.2. The minimum atomic E-state index is -0.816. The van der Waals surface area contributed by atoms with Gasteiger partial charge < -0.3 is 30.1 Å². The summed E-state index contributed by atoms with van der Waals surface area (Å²) in [6.45, 7) is 0.349. The molecule has 0 unspecified atom stereocenters. The van der Waals surface area contributed by atoms with Crippen LogP contribution in [0.5, 0.6) is 5.75 Å². The van der Waals surface area contributed by atoms with Crippen molar-refractivity contribution in [2.45, 2.75) is 75.3 Å². The van der Waals surface area contributed by atoms with Crippen LogP contribution in [0.1, 0.15) is 73.2 Å². The molecule has 2 heterocycles. The molecule has 0 bridgehead atoms. The zero-order chi connectivity index (χ0) is 32.3. The molecular weight excluding hydrogens is 610 g/mol. The van der Waals surface area contributed by atoms with Gasteiger partial charge in [-0.1, -0.05) is 66.7 Å². The van der Waals surface area contributed by atoms with Gasteiger partial charge in [0.15, 0.2) is 6.29 Å². The van der Waals surface area contributed by atoms with Crippen LogP contribution in [0.3, 0.4) is 0 Å². The number of benzene rings is 3. The van der Waals surface area contributed by atoms with E-state index >= 15 is 0 Å². The summed E-state index contributed by atoms with van der Waals surface area (Å²) in [5.74, 6) is -0.164. The smallest absolute Gasteiger partial charge is 0.303 e. The highest BCUT2D eigenvalue weighted by molar-refractivity contribution is 7.99. The second-order valence-corrected chi connectivity index (χ2v) is 12.0. The molecule has 4 N–H and O–H groups in total. The number of aliphatic carboxylic acids is 1. The number of aromatic nitrogens is 4.